The standard InChI is InChI=1S/C27H22Cl2O4/c1-15-11-19(32-26(31)17-6-8-18(9-7-17)27(2,3)4)14-22-24(15)25(30)23(33-22)13-16-5-10-20(28)21(29)12-16/h5-14H,1-4H3/b23-13-. The molecule has 0 atom stereocenters. The van der Waals surface area contributed by atoms with E-state index >= 15 is 0 Å². The van der Waals surface area contributed by atoms with Gasteiger partial charge in [0.15, 0.2) is 5.76 Å². The quantitative estimate of drug-likeness (QED) is 0.222. The minimum absolute atomic E-state index is 0.00796. The SMILES string of the molecule is Cc1cc(OC(=O)c2ccc(C(C)(C)C)cc2)cc2c1C(=O)/C(=C/c1ccc(Cl)c(Cl)c1)O2. The molecule has 0 saturated heterocycles. The van der Waals surface area contributed by atoms with Crippen LogP contribution in [0.5, 0.6) is 11.5 Å². The average Bonchev–Trinajstić information content (AvgIpc) is 3.05. The van der Waals surface area contributed by atoms with Crippen molar-refractivity contribution >= 4 is 41.0 Å². The Morgan fingerprint density at radius 3 is 2.30 bits per heavy atom. The molecule has 0 aliphatic carbocycles. The lowest BCUT2D eigenvalue weighted by Crippen LogP contribution is -2.13. The summed E-state index contributed by atoms with van der Waals surface area (Å²) in [5.41, 5.74) is 3.34. The zero-order valence-electron chi connectivity index (χ0n) is 18.7. The molecule has 3 aromatic carbocycles. The maximum atomic E-state index is 12.9. The molecule has 0 aromatic heterocycles. The topological polar surface area (TPSA) is 52.6 Å². The summed E-state index contributed by atoms with van der Waals surface area (Å²) in [7, 11) is 0. The van der Waals surface area contributed by atoms with Gasteiger partial charge in [0.25, 0.3) is 0 Å². The molecule has 0 spiro atoms. The van der Waals surface area contributed by atoms with Gasteiger partial charge < -0.3 is 9.47 Å². The summed E-state index contributed by atoms with van der Waals surface area (Å²) < 4.78 is 11.4. The smallest absolute Gasteiger partial charge is 0.343 e. The third kappa shape index (κ3) is 4.82. The number of esters is 1. The van der Waals surface area contributed by atoms with Crippen molar-refractivity contribution < 1.29 is 19.1 Å². The number of Topliss-reactive ketones (excluding diaryl/α,β-unsaturated/α-hetero) is 1. The van der Waals surface area contributed by atoms with Crippen LogP contribution < -0.4 is 9.47 Å². The van der Waals surface area contributed by atoms with E-state index in [2.05, 4.69) is 20.8 Å². The van der Waals surface area contributed by atoms with E-state index in [1.54, 1.807) is 55.5 Å². The molecule has 1 aliphatic rings. The van der Waals surface area contributed by atoms with E-state index in [0.29, 0.717) is 43.8 Å². The molecule has 0 unspecified atom stereocenters. The molecular weight excluding hydrogens is 459 g/mol. The Hall–Kier alpha value is -3.08. The number of carbonyl (C=O) groups excluding carboxylic acids is 2. The van der Waals surface area contributed by atoms with Gasteiger partial charge in [0.1, 0.15) is 11.5 Å². The van der Waals surface area contributed by atoms with E-state index in [4.69, 9.17) is 32.7 Å². The lowest BCUT2D eigenvalue weighted by Gasteiger charge is -2.18. The van der Waals surface area contributed by atoms with E-state index in [-0.39, 0.29) is 17.0 Å². The predicted octanol–water partition coefficient (Wildman–Crippen LogP) is 7.43. The van der Waals surface area contributed by atoms with Gasteiger partial charge in [-0.1, -0.05) is 62.2 Å². The number of hydrogen-bond donors (Lipinski definition) is 0. The molecule has 0 radical (unpaired) electrons. The van der Waals surface area contributed by atoms with Crippen molar-refractivity contribution in [2.45, 2.75) is 33.1 Å². The number of fused-ring (bicyclic) bond motifs is 1. The van der Waals surface area contributed by atoms with Crippen LogP contribution in [-0.4, -0.2) is 11.8 Å². The molecule has 0 saturated carbocycles. The Labute approximate surface area is 202 Å². The molecule has 4 rings (SSSR count). The normalized spacial score (nSPS) is 14.2. The number of hydrogen-bond acceptors (Lipinski definition) is 4. The first-order valence-corrected chi connectivity index (χ1v) is 11.2. The lowest BCUT2D eigenvalue weighted by atomic mass is 9.87. The second-order valence-corrected chi connectivity index (χ2v) is 9.76. The summed E-state index contributed by atoms with van der Waals surface area (Å²) in [6, 6.07) is 15.6. The van der Waals surface area contributed by atoms with Crippen LogP contribution in [0, 0.1) is 6.92 Å². The highest BCUT2D eigenvalue weighted by Crippen LogP contribution is 2.38. The fourth-order valence-corrected chi connectivity index (χ4v) is 3.87. The third-order valence-corrected chi connectivity index (χ3v) is 6.12. The molecule has 168 valence electrons. The van der Waals surface area contributed by atoms with E-state index in [1.807, 2.05) is 12.1 Å². The van der Waals surface area contributed by atoms with Crippen LogP contribution in [0.25, 0.3) is 6.08 Å². The molecular formula is C27H22Cl2O4. The minimum Gasteiger partial charge on any atom is -0.452 e. The number of benzene rings is 3. The molecule has 0 amide bonds. The predicted molar refractivity (Wildman–Crippen MR) is 131 cm³/mol. The summed E-state index contributed by atoms with van der Waals surface area (Å²) in [6.45, 7) is 8.11. The molecule has 0 N–H and O–H groups in total. The summed E-state index contributed by atoms with van der Waals surface area (Å²) in [4.78, 5) is 25.5. The molecule has 3 aromatic rings. The van der Waals surface area contributed by atoms with E-state index in [0.717, 1.165) is 5.56 Å². The van der Waals surface area contributed by atoms with E-state index < -0.39 is 5.97 Å². The molecule has 1 aliphatic heterocycles. The van der Waals surface area contributed by atoms with Crippen LogP contribution in [-0.2, 0) is 5.41 Å². The van der Waals surface area contributed by atoms with E-state index in [9.17, 15) is 9.59 Å². The summed E-state index contributed by atoms with van der Waals surface area (Å²) >= 11 is 12.0. The third-order valence-electron chi connectivity index (χ3n) is 5.38. The molecule has 1 heterocycles. The molecule has 4 nitrogen and oxygen atoms in total. The second-order valence-electron chi connectivity index (χ2n) is 8.94. The number of rotatable bonds is 3. The lowest BCUT2D eigenvalue weighted by molar-refractivity contribution is 0.0734. The Morgan fingerprint density at radius 1 is 0.970 bits per heavy atom. The second kappa shape index (κ2) is 8.69. The van der Waals surface area contributed by atoms with Gasteiger partial charge in [-0.2, -0.15) is 0 Å². The fraction of sp³-hybridized carbons (Fsp3) is 0.185. The Balaban J connectivity index is 1.56. The number of carbonyl (C=O) groups is 2. The first kappa shape index (κ1) is 23.1. The van der Waals surface area contributed by atoms with Crippen molar-refractivity contribution in [1.29, 1.82) is 0 Å². The van der Waals surface area contributed by atoms with Gasteiger partial charge in [0, 0.05) is 6.07 Å². The summed E-state index contributed by atoms with van der Waals surface area (Å²) in [6.07, 6.45) is 1.60. The number of aryl methyl sites for hydroxylation is 1. The van der Waals surface area contributed by atoms with Crippen LogP contribution in [0.2, 0.25) is 10.0 Å². The van der Waals surface area contributed by atoms with Crippen LogP contribution in [0.3, 0.4) is 0 Å². The van der Waals surface area contributed by atoms with Crippen LogP contribution in [0.15, 0.2) is 60.4 Å². The van der Waals surface area contributed by atoms with Crippen LogP contribution >= 0.6 is 23.2 Å². The highest BCUT2D eigenvalue weighted by Gasteiger charge is 2.30. The largest absolute Gasteiger partial charge is 0.452 e. The molecule has 33 heavy (non-hydrogen) atoms. The zero-order chi connectivity index (χ0) is 23.9. The first-order valence-electron chi connectivity index (χ1n) is 10.4. The Kier molecular flexibility index (Phi) is 6.08. The first-order chi connectivity index (χ1) is 15.5. The number of halogens is 2. The van der Waals surface area contributed by atoms with Crippen molar-refractivity contribution in [3.05, 3.63) is 98.2 Å². The van der Waals surface area contributed by atoms with Crippen LogP contribution in [0.1, 0.15) is 58.2 Å². The molecule has 0 bridgehead atoms. The van der Waals surface area contributed by atoms with Crippen molar-refractivity contribution in [3.8, 4) is 11.5 Å². The van der Waals surface area contributed by atoms with E-state index in [1.165, 1.54) is 0 Å². The average molecular weight is 481 g/mol. The number of allylic oxidation sites excluding steroid dienone is 1. The van der Waals surface area contributed by atoms with Gasteiger partial charge in [0.05, 0.1) is 21.2 Å². The highest BCUT2D eigenvalue weighted by molar-refractivity contribution is 6.42. The monoisotopic (exact) mass is 480 g/mol. The summed E-state index contributed by atoms with van der Waals surface area (Å²) in [5.74, 6) is 0.0829. The van der Waals surface area contributed by atoms with Crippen molar-refractivity contribution in [2.24, 2.45) is 0 Å². The van der Waals surface area contributed by atoms with Crippen molar-refractivity contribution in [1.82, 2.24) is 0 Å². The zero-order valence-corrected chi connectivity index (χ0v) is 20.2. The minimum atomic E-state index is -0.481. The van der Waals surface area contributed by atoms with Crippen molar-refractivity contribution in [2.75, 3.05) is 0 Å². The Bertz CT molecular complexity index is 1300. The maximum absolute atomic E-state index is 12.9. The van der Waals surface area contributed by atoms with Crippen molar-refractivity contribution in [3.63, 3.8) is 0 Å². The van der Waals surface area contributed by atoms with Gasteiger partial charge in [-0.3, -0.25) is 4.79 Å². The summed E-state index contributed by atoms with van der Waals surface area (Å²) in [5, 5.41) is 0.811. The number of ketones is 1. The molecule has 0 fully saturated rings. The fourth-order valence-electron chi connectivity index (χ4n) is 3.56. The Morgan fingerprint density at radius 2 is 1.67 bits per heavy atom. The maximum Gasteiger partial charge on any atom is 0.343 e. The van der Waals surface area contributed by atoms with Gasteiger partial charge in [-0.25, -0.2) is 4.79 Å². The van der Waals surface area contributed by atoms with Gasteiger partial charge in [0.2, 0.25) is 5.78 Å². The van der Waals surface area contributed by atoms with Crippen LogP contribution in [0.4, 0.5) is 0 Å². The van der Waals surface area contributed by atoms with Gasteiger partial charge in [-0.05, 0) is 65.4 Å². The highest BCUT2D eigenvalue weighted by atomic mass is 35.5. The molecule has 6 heteroatoms. The number of ether oxygens (including phenoxy) is 2. The van der Waals surface area contributed by atoms with Gasteiger partial charge in [-0.15, -0.1) is 0 Å². The van der Waals surface area contributed by atoms with Gasteiger partial charge >= 0.3 is 5.97 Å².